The van der Waals surface area contributed by atoms with Crippen molar-refractivity contribution in [3.8, 4) is 5.69 Å². The number of nitrogens with zero attached hydrogens (tertiary/aromatic N) is 2. The van der Waals surface area contributed by atoms with E-state index < -0.39 is 0 Å². The van der Waals surface area contributed by atoms with Gasteiger partial charge >= 0.3 is 11.1 Å². The number of hydrogen-bond acceptors (Lipinski definition) is 5. The predicted octanol–water partition coefficient (Wildman–Crippen LogP) is 3.37. The second kappa shape index (κ2) is 10.4. The maximum atomic E-state index is 12.3. The zero-order valence-electron chi connectivity index (χ0n) is 16.1. The molecular formula is C21H23N4O3S+. The summed E-state index contributed by atoms with van der Waals surface area (Å²) >= 11 is 1.33. The first-order valence-electron chi connectivity index (χ1n) is 9.38. The van der Waals surface area contributed by atoms with Crippen LogP contribution in [0.25, 0.3) is 5.69 Å². The average molecular weight is 412 g/mol. The molecule has 1 heterocycles. The van der Waals surface area contributed by atoms with Crippen LogP contribution in [0.5, 0.6) is 0 Å². The Kier molecular flexibility index (Phi) is 7.40. The van der Waals surface area contributed by atoms with E-state index in [4.69, 9.17) is 4.74 Å². The number of esters is 1. The smallest absolute Gasteiger partial charge is 0.385 e. The summed E-state index contributed by atoms with van der Waals surface area (Å²) in [5, 5.41) is 6.55. The van der Waals surface area contributed by atoms with Gasteiger partial charge in [0.2, 0.25) is 12.2 Å². The fourth-order valence-electron chi connectivity index (χ4n) is 2.53. The number of amides is 1. The van der Waals surface area contributed by atoms with Gasteiger partial charge in [0.15, 0.2) is 5.69 Å². The van der Waals surface area contributed by atoms with E-state index >= 15 is 0 Å². The Morgan fingerprint density at radius 3 is 2.62 bits per heavy atom. The lowest BCUT2D eigenvalue weighted by Gasteiger charge is -2.06. The summed E-state index contributed by atoms with van der Waals surface area (Å²) in [5.41, 5.74) is 2.03. The molecule has 3 rings (SSSR count). The molecule has 150 valence electrons. The highest BCUT2D eigenvalue weighted by atomic mass is 32.2. The zero-order chi connectivity index (χ0) is 20.5. The molecule has 7 nitrogen and oxygen atoms in total. The number of para-hydroxylation sites is 1. The number of H-pyrrole nitrogens is 1. The van der Waals surface area contributed by atoms with E-state index in [-0.39, 0.29) is 17.6 Å². The van der Waals surface area contributed by atoms with Gasteiger partial charge in [-0.2, -0.15) is 5.10 Å². The normalized spacial score (nSPS) is 10.5. The molecule has 0 aliphatic heterocycles. The molecule has 3 aromatic rings. The molecule has 0 radical (unpaired) electrons. The summed E-state index contributed by atoms with van der Waals surface area (Å²) in [6.07, 6.45) is 3.41. The molecule has 0 saturated heterocycles. The molecule has 0 fully saturated rings. The van der Waals surface area contributed by atoms with Gasteiger partial charge in [0.1, 0.15) is 0 Å². The van der Waals surface area contributed by atoms with Crippen LogP contribution in [0, 0.1) is 0 Å². The van der Waals surface area contributed by atoms with Crippen molar-refractivity contribution in [3.05, 3.63) is 66.5 Å². The fraction of sp³-hybridized carbons (Fsp3) is 0.238. The Morgan fingerprint density at radius 1 is 1.14 bits per heavy atom. The summed E-state index contributed by atoms with van der Waals surface area (Å²) in [6.45, 7) is 2.46. The summed E-state index contributed by atoms with van der Waals surface area (Å²) in [7, 11) is 0. The minimum atomic E-state index is -0.351. The summed E-state index contributed by atoms with van der Waals surface area (Å²) in [4.78, 5) is 28.5. The van der Waals surface area contributed by atoms with Crippen molar-refractivity contribution in [2.45, 2.75) is 24.9 Å². The van der Waals surface area contributed by atoms with Gasteiger partial charge in [0.05, 0.1) is 17.9 Å². The number of benzene rings is 2. The lowest BCUT2D eigenvalue weighted by molar-refractivity contribution is -0.694. The van der Waals surface area contributed by atoms with Gasteiger partial charge in [-0.25, -0.2) is 4.79 Å². The highest BCUT2D eigenvalue weighted by Gasteiger charge is 2.18. The highest BCUT2D eigenvalue weighted by Crippen LogP contribution is 2.15. The molecule has 0 spiro atoms. The van der Waals surface area contributed by atoms with E-state index in [1.165, 1.54) is 11.8 Å². The molecule has 1 amide bonds. The summed E-state index contributed by atoms with van der Waals surface area (Å²) in [6, 6.07) is 16.4. The van der Waals surface area contributed by atoms with Crippen molar-refractivity contribution >= 4 is 29.3 Å². The number of unbranched alkanes of at least 4 members (excludes halogenated alkanes) is 1. The molecule has 2 N–H and O–H groups in total. The first-order valence-corrected chi connectivity index (χ1v) is 10.4. The van der Waals surface area contributed by atoms with E-state index in [2.05, 4.69) is 15.4 Å². The maximum absolute atomic E-state index is 12.3. The molecule has 0 aliphatic carbocycles. The van der Waals surface area contributed by atoms with Crippen molar-refractivity contribution in [1.82, 2.24) is 10.1 Å². The van der Waals surface area contributed by atoms with Crippen molar-refractivity contribution in [1.29, 1.82) is 0 Å². The molecule has 8 heteroatoms. The second-order valence-electron chi connectivity index (χ2n) is 6.24. The Hall–Kier alpha value is -3.13. The van der Waals surface area contributed by atoms with Gasteiger partial charge in [-0.1, -0.05) is 31.5 Å². The number of thioether (sulfide) groups is 1. The van der Waals surface area contributed by atoms with E-state index in [9.17, 15) is 9.59 Å². The standard InChI is InChI=1S/C21H22N4O3S/c1-2-3-13-28-20(27)16-9-11-17(12-10-16)24-19(26)14-29-21-22-15-23-25(21)18-7-5-4-6-8-18/h4-12,15H,2-3,13-14H2,1H3,(H,24,26,27)/p+1. The number of rotatable bonds is 9. The van der Waals surface area contributed by atoms with Crippen LogP contribution < -0.4 is 10.00 Å². The number of aromatic nitrogens is 3. The third-order valence-corrected chi connectivity index (χ3v) is 4.99. The summed E-state index contributed by atoms with van der Waals surface area (Å²) < 4.78 is 6.99. The van der Waals surface area contributed by atoms with Crippen LogP contribution >= 0.6 is 11.8 Å². The average Bonchev–Trinajstić information content (AvgIpc) is 3.22. The molecule has 29 heavy (non-hydrogen) atoms. The number of hydrogen-bond donors (Lipinski definition) is 2. The Balaban J connectivity index is 1.52. The lowest BCUT2D eigenvalue weighted by atomic mass is 10.2. The first-order chi connectivity index (χ1) is 14.2. The van der Waals surface area contributed by atoms with Crippen molar-refractivity contribution in [2.75, 3.05) is 17.7 Å². The minimum Gasteiger partial charge on any atom is -0.462 e. The van der Waals surface area contributed by atoms with Gasteiger partial charge < -0.3 is 10.1 Å². The molecule has 0 atom stereocenters. The van der Waals surface area contributed by atoms with Gasteiger partial charge in [-0.05, 0) is 59.6 Å². The van der Waals surface area contributed by atoms with Crippen LogP contribution in [0.2, 0.25) is 0 Å². The molecule has 2 aromatic carbocycles. The van der Waals surface area contributed by atoms with E-state index in [0.29, 0.717) is 23.0 Å². The Labute approximate surface area is 173 Å². The van der Waals surface area contributed by atoms with Crippen molar-refractivity contribution < 1.29 is 19.0 Å². The molecule has 0 saturated carbocycles. The third-order valence-electron chi connectivity index (χ3n) is 4.04. The van der Waals surface area contributed by atoms with Gasteiger partial charge in [0.25, 0.3) is 0 Å². The fourth-order valence-corrected chi connectivity index (χ4v) is 3.27. The second-order valence-corrected chi connectivity index (χ2v) is 7.19. The maximum Gasteiger partial charge on any atom is 0.385 e. The molecule has 1 aromatic heterocycles. The van der Waals surface area contributed by atoms with Crippen molar-refractivity contribution in [3.63, 3.8) is 0 Å². The van der Waals surface area contributed by atoms with Crippen molar-refractivity contribution in [2.24, 2.45) is 0 Å². The number of carbonyl (C=O) groups is 2. The number of nitrogens with one attached hydrogen (secondary N) is 2. The largest absolute Gasteiger partial charge is 0.462 e. The quantitative estimate of drug-likeness (QED) is 0.244. The van der Waals surface area contributed by atoms with E-state index in [0.717, 1.165) is 18.5 Å². The molecule has 0 bridgehead atoms. The van der Waals surface area contributed by atoms with Crippen LogP contribution in [0.3, 0.4) is 0 Å². The first kappa shape index (κ1) is 20.6. The number of carbonyl (C=O) groups excluding carboxylic acids is 2. The molecular weight excluding hydrogens is 388 g/mol. The third kappa shape index (κ3) is 5.92. The van der Waals surface area contributed by atoms with E-state index in [1.807, 2.05) is 41.9 Å². The van der Waals surface area contributed by atoms with Crippen LogP contribution in [-0.4, -0.2) is 34.3 Å². The minimum absolute atomic E-state index is 0.157. The topological polar surface area (TPSA) is 88.0 Å². The molecule has 0 aliphatic rings. The highest BCUT2D eigenvalue weighted by molar-refractivity contribution is 7.99. The predicted molar refractivity (Wildman–Crippen MR) is 111 cm³/mol. The lowest BCUT2D eigenvalue weighted by Crippen LogP contribution is -2.35. The monoisotopic (exact) mass is 411 g/mol. The summed E-state index contributed by atoms with van der Waals surface area (Å²) in [5.74, 6) is -0.301. The van der Waals surface area contributed by atoms with Crippen LogP contribution in [0.15, 0.2) is 66.1 Å². The molecule has 0 unspecified atom stereocenters. The number of ether oxygens (including phenoxy) is 1. The Bertz CT molecular complexity index is 942. The van der Waals surface area contributed by atoms with Crippen LogP contribution in [0.4, 0.5) is 5.69 Å². The zero-order valence-corrected chi connectivity index (χ0v) is 16.9. The SMILES string of the molecule is CCCCOC(=O)c1ccc(NC(=O)CSc2nc[nH][n+]2-c2ccccc2)cc1. The van der Waals surface area contributed by atoms with Gasteiger partial charge in [-0.3, -0.25) is 4.79 Å². The number of aromatic amines is 1. The van der Waals surface area contributed by atoms with Gasteiger partial charge in [0, 0.05) is 5.69 Å². The van der Waals surface area contributed by atoms with Crippen LogP contribution in [-0.2, 0) is 9.53 Å². The number of anilines is 1. The van der Waals surface area contributed by atoms with E-state index in [1.54, 1.807) is 30.6 Å². The van der Waals surface area contributed by atoms with Gasteiger partial charge in [-0.15, -0.1) is 4.68 Å². The Morgan fingerprint density at radius 2 is 1.90 bits per heavy atom. The van der Waals surface area contributed by atoms with Crippen LogP contribution in [0.1, 0.15) is 30.1 Å².